The van der Waals surface area contributed by atoms with Gasteiger partial charge >= 0.3 is 0 Å². The first-order valence-corrected chi connectivity index (χ1v) is 7.93. The Kier molecular flexibility index (Phi) is 5.52. The summed E-state index contributed by atoms with van der Waals surface area (Å²) in [7, 11) is 0.0985. The van der Waals surface area contributed by atoms with Crippen molar-refractivity contribution in [1.82, 2.24) is 9.62 Å². The van der Waals surface area contributed by atoms with Crippen molar-refractivity contribution < 1.29 is 8.42 Å². The van der Waals surface area contributed by atoms with Crippen molar-refractivity contribution in [2.75, 3.05) is 20.6 Å². The summed E-state index contributed by atoms with van der Waals surface area (Å²) in [6.45, 7) is 7.20. The van der Waals surface area contributed by atoms with Crippen LogP contribution in [-0.2, 0) is 16.6 Å². The van der Waals surface area contributed by atoms with Gasteiger partial charge in [-0.05, 0) is 43.1 Å². The van der Waals surface area contributed by atoms with Gasteiger partial charge in [0.15, 0.2) is 0 Å². The van der Waals surface area contributed by atoms with Crippen LogP contribution in [0.25, 0.3) is 0 Å². The lowest BCUT2D eigenvalue weighted by Gasteiger charge is -2.20. The molecule has 1 rings (SSSR count). The molecule has 0 aliphatic rings. The van der Waals surface area contributed by atoms with Gasteiger partial charge in [-0.1, -0.05) is 19.9 Å². The van der Waals surface area contributed by atoms with Gasteiger partial charge in [0.2, 0.25) is 10.0 Å². The fraction of sp³-hybridized carbons (Fsp3) is 0.571. The Bertz CT molecular complexity index is 524. The van der Waals surface area contributed by atoms with Crippen LogP contribution in [0.4, 0.5) is 0 Å². The summed E-state index contributed by atoms with van der Waals surface area (Å²) in [6, 6.07) is 5.31. The van der Waals surface area contributed by atoms with Crippen LogP contribution >= 0.6 is 0 Å². The summed E-state index contributed by atoms with van der Waals surface area (Å²) in [5.74, 6) is 0.307. The van der Waals surface area contributed by atoms with Crippen molar-refractivity contribution in [1.29, 1.82) is 0 Å². The maximum Gasteiger partial charge on any atom is 0.242 e. The first kappa shape index (κ1) is 16.1. The summed E-state index contributed by atoms with van der Waals surface area (Å²) in [5, 5.41) is 3.06. The van der Waals surface area contributed by atoms with Crippen LogP contribution < -0.4 is 5.32 Å². The van der Waals surface area contributed by atoms with Gasteiger partial charge in [0, 0.05) is 20.1 Å². The second-order valence-electron chi connectivity index (χ2n) is 5.30. The number of aryl methyl sites for hydroxylation is 1. The molecule has 0 radical (unpaired) electrons. The zero-order valence-electron chi connectivity index (χ0n) is 12.4. The Morgan fingerprint density at radius 1 is 1.32 bits per heavy atom. The summed E-state index contributed by atoms with van der Waals surface area (Å²) < 4.78 is 26.3. The molecule has 4 nitrogen and oxygen atoms in total. The maximum absolute atomic E-state index is 12.4. The van der Waals surface area contributed by atoms with Crippen molar-refractivity contribution in [2.45, 2.75) is 32.2 Å². The molecule has 1 N–H and O–H groups in total. The third-order valence-corrected chi connectivity index (χ3v) is 4.84. The van der Waals surface area contributed by atoms with Crippen LogP contribution in [0.3, 0.4) is 0 Å². The average molecular weight is 284 g/mol. The molecule has 0 aliphatic carbocycles. The predicted molar refractivity (Wildman–Crippen MR) is 78.6 cm³/mol. The molecule has 0 aliphatic heterocycles. The van der Waals surface area contributed by atoms with Crippen molar-refractivity contribution in [3.05, 3.63) is 29.3 Å². The lowest BCUT2D eigenvalue weighted by Crippen LogP contribution is -2.30. The van der Waals surface area contributed by atoms with Crippen LogP contribution in [0, 0.1) is 12.8 Å². The lowest BCUT2D eigenvalue weighted by atomic mass is 10.1. The minimum atomic E-state index is -3.39. The van der Waals surface area contributed by atoms with E-state index in [0.717, 1.165) is 11.1 Å². The fourth-order valence-electron chi connectivity index (χ4n) is 1.98. The van der Waals surface area contributed by atoms with E-state index in [1.807, 2.05) is 33.9 Å². The van der Waals surface area contributed by atoms with Crippen LogP contribution in [0.1, 0.15) is 25.0 Å². The van der Waals surface area contributed by atoms with E-state index in [-0.39, 0.29) is 0 Å². The molecule has 19 heavy (non-hydrogen) atoms. The van der Waals surface area contributed by atoms with E-state index in [4.69, 9.17) is 0 Å². The van der Waals surface area contributed by atoms with Crippen LogP contribution in [0.5, 0.6) is 0 Å². The highest BCUT2D eigenvalue weighted by molar-refractivity contribution is 7.89. The molecule has 0 heterocycles. The average Bonchev–Trinajstić information content (AvgIpc) is 2.31. The molecule has 0 unspecified atom stereocenters. The van der Waals surface area contributed by atoms with Crippen molar-refractivity contribution in [3.8, 4) is 0 Å². The first-order chi connectivity index (χ1) is 8.78. The second kappa shape index (κ2) is 6.50. The van der Waals surface area contributed by atoms with Gasteiger partial charge in [-0.2, -0.15) is 0 Å². The zero-order chi connectivity index (χ0) is 14.6. The molecule has 0 saturated heterocycles. The number of benzene rings is 1. The maximum atomic E-state index is 12.4. The van der Waals surface area contributed by atoms with Crippen molar-refractivity contribution in [3.63, 3.8) is 0 Å². The van der Waals surface area contributed by atoms with Crippen molar-refractivity contribution in [2.24, 2.45) is 5.92 Å². The van der Waals surface area contributed by atoms with E-state index in [9.17, 15) is 8.42 Å². The standard InChI is InChI=1S/C14H24N2O2S/c1-11(2)10-16(5)19(17,18)14-7-6-12(3)13(8-14)9-15-4/h6-8,11,15H,9-10H2,1-5H3. The number of sulfonamides is 1. The van der Waals surface area contributed by atoms with E-state index in [0.29, 0.717) is 23.9 Å². The highest BCUT2D eigenvalue weighted by atomic mass is 32.2. The van der Waals surface area contributed by atoms with E-state index >= 15 is 0 Å². The molecular formula is C14H24N2O2S. The zero-order valence-corrected chi connectivity index (χ0v) is 13.2. The smallest absolute Gasteiger partial charge is 0.242 e. The topological polar surface area (TPSA) is 49.4 Å². The molecule has 0 aromatic heterocycles. The summed E-state index contributed by atoms with van der Waals surface area (Å²) in [6.07, 6.45) is 0. The SMILES string of the molecule is CNCc1cc(S(=O)(=O)N(C)CC(C)C)ccc1C. The van der Waals surface area contributed by atoms with Gasteiger partial charge in [-0.3, -0.25) is 0 Å². The van der Waals surface area contributed by atoms with E-state index < -0.39 is 10.0 Å². The molecule has 5 heteroatoms. The van der Waals surface area contributed by atoms with E-state index in [1.165, 1.54) is 4.31 Å². The largest absolute Gasteiger partial charge is 0.316 e. The molecule has 0 atom stereocenters. The highest BCUT2D eigenvalue weighted by Crippen LogP contribution is 2.19. The monoisotopic (exact) mass is 284 g/mol. The van der Waals surface area contributed by atoms with Crippen molar-refractivity contribution >= 4 is 10.0 Å². The fourth-order valence-corrected chi connectivity index (χ4v) is 3.37. The summed E-state index contributed by atoms with van der Waals surface area (Å²) in [4.78, 5) is 0.367. The Labute approximate surface area is 116 Å². The molecule has 108 valence electrons. The van der Waals surface area contributed by atoms with Gasteiger partial charge in [0.05, 0.1) is 4.90 Å². The molecule has 0 saturated carbocycles. The van der Waals surface area contributed by atoms with Gasteiger partial charge in [-0.25, -0.2) is 12.7 Å². The Morgan fingerprint density at radius 2 is 1.95 bits per heavy atom. The number of nitrogens with one attached hydrogen (secondary N) is 1. The van der Waals surface area contributed by atoms with Gasteiger partial charge in [0.25, 0.3) is 0 Å². The lowest BCUT2D eigenvalue weighted by molar-refractivity contribution is 0.417. The highest BCUT2D eigenvalue weighted by Gasteiger charge is 2.21. The van der Waals surface area contributed by atoms with Gasteiger partial charge in [0.1, 0.15) is 0 Å². The molecule has 0 bridgehead atoms. The molecule has 1 aromatic carbocycles. The van der Waals surface area contributed by atoms with Gasteiger partial charge < -0.3 is 5.32 Å². The summed E-state index contributed by atoms with van der Waals surface area (Å²) in [5.41, 5.74) is 2.11. The normalized spacial score (nSPS) is 12.4. The summed E-state index contributed by atoms with van der Waals surface area (Å²) >= 11 is 0. The van der Waals surface area contributed by atoms with Gasteiger partial charge in [-0.15, -0.1) is 0 Å². The number of rotatable bonds is 6. The number of hydrogen-bond donors (Lipinski definition) is 1. The Balaban J connectivity index is 3.11. The van der Waals surface area contributed by atoms with Crippen LogP contribution in [0.15, 0.2) is 23.1 Å². The first-order valence-electron chi connectivity index (χ1n) is 6.49. The Hall–Kier alpha value is -0.910. The van der Waals surface area contributed by atoms with Crippen LogP contribution in [0.2, 0.25) is 0 Å². The second-order valence-corrected chi connectivity index (χ2v) is 7.34. The minimum Gasteiger partial charge on any atom is -0.316 e. The molecular weight excluding hydrogens is 260 g/mol. The van der Waals surface area contributed by atoms with E-state index in [2.05, 4.69) is 5.32 Å². The van der Waals surface area contributed by atoms with Crippen LogP contribution in [-0.4, -0.2) is 33.4 Å². The molecule has 0 spiro atoms. The third-order valence-electron chi connectivity index (χ3n) is 3.02. The number of hydrogen-bond acceptors (Lipinski definition) is 3. The Morgan fingerprint density at radius 3 is 2.47 bits per heavy atom. The van der Waals surface area contributed by atoms with E-state index in [1.54, 1.807) is 19.2 Å². The number of nitrogens with zero attached hydrogens (tertiary/aromatic N) is 1. The molecule has 0 fully saturated rings. The quantitative estimate of drug-likeness (QED) is 0.869. The predicted octanol–water partition coefficient (Wildman–Crippen LogP) is 1.99. The minimum absolute atomic E-state index is 0.307. The molecule has 1 aromatic rings. The molecule has 0 amide bonds. The third kappa shape index (κ3) is 4.03.